The van der Waals surface area contributed by atoms with E-state index in [1.807, 2.05) is 0 Å². The molecule has 14 heavy (non-hydrogen) atoms. The molecule has 76 valence electrons. The van der Waals surface area contributed by atoms with Gasteiger partial charge in [-0.1, -0.05) is 11.6 Å². The number of aliphatic hydroxyl groups is 1. The highest BCUT2D eigenvalue weighted by Crippen LogP contribution is 2.45. The van der Waals surface area contributed by atoms with Crippen molar-refractivity contribution in [1.29, 1.82) is 0 Å². The van der Waals surface area contributed by atoms with Crippen LogP contribution >= 0.6 is 27.5 Å². The summed E-state index contributed by atoms with van der Waals surface area (Å²) < 4.78 is 13.6. The summed E-state index contributed by atoms with van der Waals surface area (Å²) in [6, 6.07) is 2.61. The van der Waals surface area contributed by atoms with Crippen molar-refractivity contribution in [3.63, 3.8) is 0 Å². The largest absolute Gasteiger partial charge is 0.385 e. The van der Waals surface area contributed by atoms with Crippen molar-refractivity contribution in [3.05, 3.63) is 33.0 Å². The van der Waals surface area contributed by atoms with Gasteiger partial charge in [0.15, 0.2) is 0 Å². The van der Waals surface area contributed by atoms with Gasteiger partial charge in [-0.25, -0.2) is 4.39 Å². The third-order valence-corrected chi connectivity index (χ3v) is 3.94. The van der Waals surface area contributed by atoms with Crippen LogP contribution in [0.5, 0.6) is 0 Å². The van der Waals surface area contributed by atoms with E-state index in [-0.39, 0.29) is 5.82 Å². The van der Waals surface area contributed by atoms with Crippen LogP contribution in [0.4, 0.5) is 4.39 Å². The van der Waals surface area contributed by atoms with Gasteiger partial charge in [0, 0.05) is 10.0 Å². The normalized spacial score (nSPS) is 19.1. The molecule has 0 aromatic heterocycles. The molecule has 1 aromatic rings. The highest BCUT2D eigenvalue weighted by Gasteiger charge is 2.38. The molecule has 4 heteroatoms. The minimum atomic E-state index is -0.915. The lowest BCUT2D eigenvalue weighted by Gasteiger charge is -2.37. The summed E-state index contributed by atoms with van der Waals surface area (Å²) in [5.74, 6) is -0.378. The van der Waals surface area contributed by atoms with Gasteiger partial charge in [-0.3, -0.25) is 0 Å². The molecule has 0 aliphatic heterocycles. The summed E-state index contributed by atoms with van der Waals surface area (Å²) in [6.07, 6.45) is 2.27. The van der Waals surface area contributed by atoms with E-state index < -0.39 is 5.60 Å². The Morgan fingerprint density at radius 2 is 2.07 bits per heavy atom. The van der Waals surface area contributed by atoms with E-state index >= 15 is 0 Å². The zero-order valence-corrected chi connectivity index (χ0v) is 9.70. The molecule has 0 atom stereocenters. The fraction of sp³-hybridized carbons (Fsp3) is 0.400. The number of halogens is 3. The molecular weight excluding hydrogens is 270 g/mol. The molecule has 1 aliphatic carbocycles. The Kier molecular flexibility index (Phi) is 2.58. The van der Waals surface area contributed by atoms with Gasteiger partial charge in [-0.15, -0.1) is 0 Å². The van der Waals surface area contributed by atoms with Crippen molar-refractivity contribution in [3.8, 4) is 0 Å². The van der Waals surface area contributed by atoms with Crippen molar-refractivity contribution in [2.24, 2.45) is 0 Å². The molecule has 1 saturated carbocycles. The summed E-state index contributed by atoms with van der Waals surface area (Å²) in [5.41, 5.74) is -0.417. The van der Waals surface area contributed by atoms with Crippen molar-refractivity contribution < 1.29 is 9.50 Å². The lowest BCUT2D eigenvalue weighted by atomic mass is 9.75. The van der Waals surface area contributed by atoms with Crippen molar-refractivity contribution >= 4 is 27.5 Å². The van der Waals surface area contributed by atoms with Gasteiger partial charge < -0.3 is 5.11 Å². The molecule has 0 radical (unpaired) electrons. The van der Waals surface area contributed by atoms with Crippen LogP contribution in [-0.2, 0) is 5.60 Å². The molecule has 1 fully saturated rings. The van der Waals surface area contributed by atoms with Crippen LogP contribution in [0.15, 0.2) is 16.6 Å². The van der Waals surface area contributed by atoms with Gasteiger partial charge in [0.2, 0.25) is 0 Å². The van der Waals surface area contributed by atoms with Crippen molar-refractivity contribution in [2.45, 2.75) is 24.9 Å². The van der Waals surface area contributed by atoms with E-state index in [1.54, 1.807) is 0 Å². The molecule has 0 heterocycles. The molecule has 0 amide bonds. The second-order valence-corrected chi connectivity index (χ2v) is 4.87. The number of hydrogen-bond acceptors (Lipinski definition) is 1. The first-order valence-electron chi connectivity index (χ1n) is 4.40. The van der Waals surface area contributed by atoms with Crippen LogP contribution in [-0.4, -0.2) is 5.11 Å². The summed E-state index contributed by atoms with van der Waals surface area (Å²) in [5, 5.41) is 10.4. The second kappa shape index (κ2) is 3.47. The summed E-state index contributed by atoms with van der Waals surface area (Å²) in [4.78, 5) is 0. The summed E-state index contributed by atoms with van der Waals surface area (Å²) in [7, 11) is 0. The first kappa shape index (κ1) is 10.4. The maximum Gasteiger partial charge on any atom is 0.124 e. The van der Waals surface area contributed by atoms with Gasteiger partial charge in [0.1, 0.15) is 5.82 Å². The van der Waals surface area contributed by atoms with Gasteiger partial charge >= 0.3 is 0 Å². The summed E-state index contributed by atoms with van der Waals surface area (Å²) >= 11 is 9.15. The summed E-state index contributed by atoms with van der Waals surface area (Å²) in [6.45, 7) is 0. The Morgan fingerprint density at radius 3 is 2.57 bits per heavy atom. The predicted octanol–water partition coefficient (Wildman–Crippen LogP) is 3.61. The molecule has 1 aromatic carbocycles. The topological polar surface area (TPSA) is 20.2 Å². The molecular formula is C10H9BrClFO. The Morgan fingerprint density at radius 1 is 1.43 bits per heavy atom. The van der Waals surface area contributed by atoms with E-state index in [4.69, 9.17) is 11.6 Å². The third-order valence-electron chi connectivity index (χ3n) is 2.68. The number of benzene rings is 1. The first-order chi connectivity index (χ1) is 6.53. The fourth-order valence-corrected chi connectivity index (χ4v) is 2.39. The smallest absolute Gasteiger partial charge is 0.124 e. The average molecular weight is 280 g/mol. The Labute approximate surface area is 95.0 Å². The molecule has 1 aliphatic rings. The third kappa shape index (κ3) is 1.58. The van der Waals surface area contributed by atoms with Crippen LogP contribution in [0.2, 0.25) is 5.02 Å². The van der Waals surface area contributed by atoms with Gasteiger partial charge in [0.05, 0.1) is 10.6 Å². The van der Waals surface area contributed by atoms with Crippen LogP contribution in [0, 0.1) is 5.82 Å². The number of rotatable bonds is 1. The van der Waals surface area contributed by atoms with E-state index in [0.717, 1.165) is 6.42 Å². The average Bonchev–Trinajstić information content (AvgIpc) is 2.07. The molecule has 0 saturated heterocycles. The van der Waals surface area contributed by atoms with E-state index in [1.165, 1.54) is 12.1 Å². The molecule has 0 bridgehead atoms. The Hall–Kier alpha value is -0.120. The van der Waals surface area contributed by atoms with Crippen LogP contribution in [0.1, 0.15) is 24.8 Å². The SMILES string of the molecule is OC1(c2cc(F)cc(Br)c2Cl)CCC1. The number of hydrogen-bond donors (Lipinski definition) is 1. The zero-order chi connectivity index (χ0) is 10.3. The maximum atomic E-state index is 13.1. The van der Waals surface area contributed by atoms with Crippen LogP contribution in [0.25, 0.3) is 0 Å². The molecule has 1 N–H and O–H groups in total. The molecule has 0 unspecified atom stereocenters. The Balaban J connectivity index is 2.51. The minimum absolute atomic E-state index is 0.378. The van der Waals surface area contributed by atoms with E-state index in [2.05, 4.69) is 15.9 Å². The molecule has 1 nitrogen and oxygen atoms in total. The van der Waals surface area contributed by atoms with E-state index in [9.17, 15) is 9.50 Å². The van der Waals surface area contributed by atoms with Crippen LogP contribution < -0.4 is 0 Å². The zero-order valence-electron chi connectivity index (χ0n) is 7.36. The monoisotopic (exact) mass is 278 g/mol. The second-order valence-electron chi connectivity index (χ2n) is 3.63. The van der Waals surface area contributed by atoms with Gasteiger partial charge in [-0.2, -0.15) is 0 Å². The van der Waals surface area contributed by atoms with Crippen molar-refractivity contribution in [1.82, 2.24) is 0 Å². The lowest BCUT2D eigenvalue weighted by molar-refractivity contribution is -0.0389. The lowest BCUT2D eigenvalue weighted by Crippen LogP contribution is -2.34. The quantitative estimate of drug-likeness (QED) is 0.779. The first-order valence-corrected chi connectivity index (χ1v) is 5.57. The van der Waals surface area contributed by atoms with Gasteiger partial charge in [0.25, 0.3) is 0 Å². The minimum Gasteiger partial charge on any atom is -0.385 e. The Bertz CT molecular complexity index is 377. The maximum absolute atomic E-state index is 13.1. The molecule has 2 rings (SSSR count). The van der Waals surface area contributed by atoms with Crippen LogP contribution in [0.3, 0.4) is 0 Å². The van der Waals surface area contributed by atoms with E-state index in [0.29, 0.717) is 27.9 Å². The highest BCUT2D eigenvalue weighted by molar-refractivity contribution is 9.10. The van der Waals surface area contributed by atoms with Gasteiger partial charge in [-0.05, 0) is 47.3 Å². The molecule has 0 spiro atoms. The highest BCUT2D eigenvalue weighted by atomic mass is 79.9. The predicted molar refractivity (Wildman–Crippen MR) is 56.9 cm³/mol. The fourth-order valence-electron chi connectivity index (χ4n) is 1.68. The standard InChI is InChI=1S/C10H9BrClFO/c11-8-5-6(13)4-7(9(8)12)10(14)2-1-3-10/h4-5,14H,1-3H2. The van der Waals surface area contributed by atoms with Crippen molar-refractivity contribution in [2.75, 3.05) is 0 Å².